The largest absolute Gasteiger partial charge is 0.497 e. The number of fused-ring (bicyclic) bond motifs is 1. The third kappa shape index (κ3) is 4.75. The molecule has 29 heavy (non-hydrogen) atoms. The van der Waals surface area contributed by atoms with Crippen LogP contribution in [0.15, 0.2) is 71.6 Å². The van der Waals surface area contributed by atoms with Crippen LogP contribution in [0.5, 0.6) is 17.2 Å². The maximum Gasteiger partial charge on any atom is 0.255 e. The highest BCUT2D eigenvalue weighted by atomic mass is 32.2. The maximum absolute atomic E-state index is 12.5. The van der Waals surface area contributed by atoms with Gasteiger partial charge in [-0.15, -0.1) is 0 Å². The number of carbonyl (C=O) groups excluding carboxylic acids is 1. The Balaban J connectivity index is 1.36. The molecule has 0 aliphatic carbocycles. The van der Waals surface area contributed by atoms with Crippen molar-refractivity contribution in [1.82, 2.24) is 0 Å². The monoisotopic (exact) mass is 408 g/mol. The van der Waals surface area contributed by atoms with E-state index in [9.17, 15) is 4.79 Å². The van der Waals surface area contributed by atoms with Crippen molar-refractivity contribution < 1.29 is 19.0 Å². The minimum Gasteiger partial charge on any atom is -0.497 e. The molecule has 0 saturated carbocycles. The summed E-state index contributed by atoms with van der Waals surface area (Å²) < 4.78 is 19.5. The van der Waals surface area contributed by atoms with Crippen molar-refractivity contribution in [3.8, 4) is 17.2 Å². The van der Waals surface area contributed by atoms with Gasteiger partial charge in [-0.1, -0.05) is 6.07 Å². The zero-order chi connectivity index (χ0) is 20.1. The first-order valence-electron chi connectivity index (χ1n) is 9.09. The molecular formula is C22H20N2O4S. The van der Waals surface area contributed by atoms with Crippen molar-refractivity contribution in [1.29, 1.82) is 0 Å². The number of nitrogens with one attached hydrogen (secondary N) is 2. The molecular weight excluding hydrogens is 388 g/mol. The normalized spacial score (nSPS) is 12.2. The summed E-state index contributed by atoms with van der Waals surface area (Å²) in [6.45, 7) is 1.04. The van der Waals surface area contributed by atoms with Crippen LogP contribution in [0.25, 0.3) is 0 Å². The Labute approximate surface area is 173 Å². The fourth-order valence-corrected chi connectivity index (χ4v) is 3.49. The van der Waals surface area contributed by atoms with E-state index in [-0.39, 0.29) is 5.91 Å². The van der Waals surface area contributed by atoms with Crippen LogP contribution < -0.4 is 24.2 Å². The van der Waals surface area contributed by atoms with E-state index in [0.717, 1.165) is 16.3 Å². The van der Waals surface area contributed by atoms with Gasteiger partial charge in [-0.2, -0.15) is 0 Å². The molecule has 0 spiro atoms. The van der Waals surface area contributed by atoms with E-state index >= 15 is 0 Å². The topological polar surface area (TPSA) is 68.8 Å². The summed E-state index contributed by atoms with van der Waals surface area (Å²) in [7, 11) is 1.64. The van der Waals surface area contributed by atoms with Crippen LogP contribution in [0.3, 0.4) is 0 Å². The quantitative estimate of drug-likeness (QED) is 0.569. The summed E-state index contributed by atoms with van der Waals surface area (Å²) in [5, 5.41) is 2.88. The number of hydrogen-bond donors (Lipinski definition) is 2. The summed E-state index contributed by atoms with van der Waals surface area (Å²) in [6, 6.07) is 20.4. The van der Waals surface area contributed by atoms with Gasteiger partial charge in [0.2, 0.25) is 0 Å². The Morgan fingerprint density at radius 3 is 2.48 bits per heavy atom. The Morgan fingerprint density at radius 2 is 1.69 bits per heavy atom. The van der Waals surface area contributed by atoms with Gasteiger partial charge < -0.3 is 24.2 Å². The van der Waals surface area contributed by atoms with E-state index in [1.165, 1.54) is 11.9 Å². The Morgan fingerprint density at radius 1 is 0.931 bits per heavy atom. The summed E-state index contributed by atoms with van der Waals surface area (Å²) in [4.78, 5) is 13.6. The average Bonchev–Trinajstić information content (AvgIpc) is 2.78. The molecule has 0 bridgehead atoms. The molecule has 0 aromatic heterocycles. The lowest BCUT2D eigenvalue weighted by Crippen LogP contribution is -2.16. The van der Waals surface area contributed by atoms with Crippen LogP contribution in [0.4, 0.5) is 11.4 Å². The molecule has 148 valence electrons. The number of anilines is 2. The molecule has 1 aliphatic rings. The molecule has 1 aliphatic heterocycles. The van der Waals surface area contributed by atoms with Gasteiger partial charge in [-0.05, 0) is 66.5 Å². The molecule has 0 atom stereocenters. The molecule has 1 amide bonds. The molecule has 1 heterocycles. The number of carbonyl (C=O) groups is 1. The van der Waals surface area contributed by atoms with Gasteiger partial charge in [0.05, 0.1) is 7.11 Å². The molecule has 0 unspecified atom stereocenters. The van der Waals surface area contributed by atoms with Crippen molar-refractivity contribution in [2.45, 2.75) is 4.90 Å². The van der Waals surface area contributed by atoms with Crippen LogP contribution in [0, 0.1) is 0 Å². The van der Waals surface area contributed by atoms with Gasteiger partial charge in [0.1, 0.15) is 19.0 Å². The van der Waals surface area contributed by atoms with Gasteiger partial charge in [-0.3, -0.25) is 4.79 Å². The van der Waals surface area contributed by atoms with E-state index in [0.29, 0.717) is 36.0 Å². The average molecular weight is 408 g/mol. The fourth-order valence-electron chi connectivity index (χ4n) is 2.80. The summed E-state index contributed by atoms with van der Waals surface area (Å²) in [6.07, 6.45) is 0. The van der Waals surface area contributed by atoms with Crippen LogP contribution in [0.1, 0.15) is 10.4 Å². The van der Waals surface area contributed by atoms with Crippen molar-refractivity contribution in [3.63, 3.8) is 0 Å². The number of amides is 1. The van der Waals surface area contributed by atoms with Crippen molar-refractivity contribution >= 4 is 29.2 Å². The van der Waals surface area contributed by atoms with Crippen molar-refractivity contribution in [2.24, 2.45) is 0 Å². The van der Waals surface area contributed by atoms with Gasteiger partial charge in [-0.25, -0.2) is 0 Å². The standard InChI is InChI=1S/C22H20N2O4S/c1-26-18-3-2-4-19(14-18)29-24-16-7-5-15(6-8-16)22(25)23-17-9-10-20-21(13-17)28-12-11-27-20/h2-10,13-14,24H,11-12H2,1H3,(H,23,25). The smallest absolute Gasteiger partial charge is 0.255 e. The second-order valence-electron chi connectivity index (χ2n) is 6.27. The zero-order valence-electron chi connectivity index (χ0n) is 15.8. The fraction of sp³-hybridized carbons (Fsp3) is 0.136. The summed E-state index contributed by atoms with van der Waals surface area (Å²) in [5.74, 6) is 1.96. The minimum absolute atomic E-state index is 0.186. The first-order chi connectivity index (χ1) is 14.2. The third-order valence-corrected chi connectivity index (χ3v) is 5.10. The lowest BCUT2D eigenvalue weighted by atomic mass is 10.2. The highest BCUT2D eigenvalue weighted by molar-refractivity contribution is 8.00. The number of benzene rings is 3. The lowest BCUT2D eigenvalue weighted by molar-refractivity contribution is 0.102. The van der Waals surface area contributed by atoms with Gasteiger partial charge in [0.15, 0.2) is 11.5 Å². The minimum atomic E-state index is -0.186. The zero-order valence-corrected chi connectivity index (χ0v) is 16.6. The highest BCUT2D eigenvalue weighted by Crippen LogP contribution is 2.32. The van der Waals surface area contributed by atoms with Crippen LogP contribution in [0.2, 0.25) is 0 Å². The van der Waals surface area contributed by atoms with E-state index in [1.807, 2.05) is 36.4 Å². The molecule has 3 aromatic carbocycles. The number of ether oxygens (including phenoxy) is 3. The predicted molar refractivity (Wildman–Crippen MR) is 114 cm³/mol. The Hall–Kier alpha value is -3.32. The van der Waals surface area contributed by atoms with E-state index in [1.54, 1.807) is 37.4 Å². The second-order valence-corrected chi connectivity index (χ2v) is 7.15. The first kappa shape index (κ1) is 19.0. The van der Waals surface area contributed by atoms with Crippen molar-refractivity contribution in [2.75, 3.05) is 30.4 Å². The SMILES string of the molecule is COc1cccc(SNc2ccc(C(=O)Nc3ccc4c(c3)OCCO4)cc2)c1. The van der Waals surface area contributed by atoms with Crippen LogP contribution in [-0.4, -0.2) is 26.2 Å². The molecule has 0 radical (unpaired) electrons. The molecule has 7 heteroatoms. The van der Waals surface area contributed by atoms with Gasteiger partial charge >= 0.3 is 0 Å². The highest BCUT2D eigenvalue weighted by Gasteiger charge is 2.13. The van der Waals surface area contributed by atoms with E-state index in [2.05, 4.69) is 10.0 Å². The summed E-state index contributed by atoms with van der Waals surface area (Å²) in [5.41, 5.74) is 2.13. The molecule has 2 N–H and O–H groups in total. The molecule has 6 nitrogen and oxygen atoms in total. The second kappa shape index (κ2) is 8.79. The van der Waals surface area contributed by atoms with Crippen molar-refractivity contribution in [3.05, 3.63) is 72.3 Å². The maximum atomic E-state index is 12.5. The van der Waals surface area contributed by atoms with Crippen LogP contribution >= 0.6 is 11.9 Å². The van der Waals surface area contributed by atoms with Gasteiger partial charge in [0.25, 0.3) is 5.91 Å². The number of hydrogen-bond acceptors (Lipinski definition) is 6. The predicted octanol–water partition coefficient (Wildman–Crippen LogP) is 4.84. The van der Waals surface area contributed by atoms with Gasteiger partial charge in [0, 0.05) is 27.9 Å². The molecule has 0 fully saturated rings. The number of methoxy groups -OCH3 is 1. The molecule has 4 rings (SSSR count). The molecule has 3 aromatic rings. The lowest BCUT2D eigenvalue weighted by Gasteiger charge is -2.19. The Bertz CT molecular complexity index is 1010. The third-order valence-electron chi connectivity index (χ3n) is 4.28. The molecule has 0 saturated heterocycles. The van der Waals surface area contributed by atoms with E-state index in [4.69, 9.17) is 14.2 Å². The van der Waals surface area contributed by atoms with Crippen LogP contribution in [-0.2, 0) is 0 Å². The summed E-state index contributed by atoms with van der Waals surface area (Å²) >= 11 is 1.48. The Kier molecular flexibility index (Phi) is 5.76. The first-order valence-corrected chi connectivity index (χ1v) is 9.91. The van der Waals surface area contributed by atoms with E-state index < -0.39 is 0 Å². The number of rotatable bonds is 6.